The standard InChI is InChI=1S/C17H28N6O2/c1-21(2)17-19-6-3-14(20-17)22-7-9-23(10-8-22)16(24)15(18)13-4-11-25-12-5-13/h3,6,13,15H,4-5,7-12,18H2,1-2H3. The van der Waals surface area contributed by atoms with Crippen LogP contribution >= 0.6 is 0 Å². The Morgan fingerprint density at radius 3 is 2.60 bits per heavy atom. The van der Waals surface area contributed by atoms with Gasteiger partial charge in [-0.2, -0.15) is 4.98 Å². The maximum Gasteiger partial charge on any atom is 0.239 e. The first-order valence-corrected chi connectivity index (χ1v) is 8.93. The van der Waals surface area contributed by atoms with Gasteiger partial charge in [0.05, 0.1) is 6.04 Å². The van der Waals surface area contributed by atoms with Gasteiger partial charge >= 0.3 is 0 Å². The molecule has 2 aliphatic rings. The highest BCUT2D eigenvalue weighted by atomic mass is 16.5. The maximum atomic E-state index is 12.7. The third kappa shape index (κ3) is 4.19. The molecule has 3 heterocycles. The zero-order chi connectivity index (χ0) is 17.8. The SMILES string of the molecule is CN(C)c1nccc(N2CCN(C(=O)C(N)C3CCOCC3)CC2)n1. The van der Waals surface area contributed by atoms with Crippen LogP contribution in [0, 0.1) is 5.92 Å². The van der Waals surface area contributed by atoms with Crippen molar-refractivity contribution in [3.8, 4) is 0 Å². The maximum absolute atomic E-state index is 12.7. The topological polar surface area (TPSA) is 87.8 Å². The summed E-state index contributed by atoms with van der Waals surface area (Å²) in [5, 5.41) is 0. The first-order valence-electron chi connectivity index (χ1n) is 8.93. The predicted molar refractivity (Wildman–Crippen MR) is 96.7 cm³/mol. The summed E-state index contributed by atoms with van der Waals surface area (Å²) in [7, 11) is 3.85. The average Bonchev–Trinajstić information content (AvgIpc) is 2.67. The van der Waals surface area contributed by atoms with Crippen molar-refractivity contribution < 1.29 is 9.53 Å². The third-order valence-corrected chi connectivity index (χ3v) is 5.00. The average molecular weight is 348 g/mol. The molecule has 1 unspecified atom stereocenters. The van der Waals surface area contributed by atoms with Crippen LogP contribution in [0.25, 0.3) is 0 Å². The van der Waals surface area contributed by atoms with E-state index in [9.17, 15) is 4.79 Å². The summed E-state index contributed by atoms with van der Waals surface area (Å²) in [4.78, 5) is 27.5. The Balaban J connectivity index is 1.56. The van der Waals surface area contributed by atoms with E-state index in [4.69, 9.17) is 10.5 Å². The fraction of sp³-hybridized carbons (Fsp3) is 0.706. The van der Waals surface area contributed by atoms with Crippen molar-refractivity contribution in [2.24, 2.45) is 11.7 Å². The van der Waals surface area contributed by atoms with Gasteiger partial charge < -0.3 is 25.2 Å². The smallest absolute Gasteiger partial charge is 0.239 e. The molecule has 2 fully saturated rings. The fourth-order valence-corrected chi connectivity index (χ4v) is 3.37. The molecule has 0 spiro atoms. The van der Waals surface area contributed by atoms with E-state index in [2.05, 4.69) is 14.9 Å². The zero-order valence-electron chi connectivity index (χ0n) is 15.1. The number of amides is 1. The largest absolute Gasteiger partial charge is 0.381 e. The molecular formula is C17H28N6O2. The molecule has 25 heavy (non-hydrogen) atoms. The molecule has 0 saturated carbocycles. The van der Waals surface area contributed by atoms with Gasteiger partial charge in [-0.15, -0.1) is 0 Å². The van der Waals surface area contributed by atoms with E-state index < -0.39 is 6.04 Å². The first kappa shape index (κ1) is 17.9. The Kier molecular flexibility index (Phi) is 5.70. The van der Waals surface area contributed by atoms with Gasteiger partial charge in [0.2, 0.25) is 11.9 Å². The van der Waals surface area contributed by atoms with E-state index >= 15 is 0 Å². The van der Waals surface area contributed by atoms with E-state index in [1.807, 2.05) is 30.0 Å². The van der Waals surface area contributed by atoms with Crippen LogP contribution in [0.2, 0.25) is 0 Å². The van der Waals surface area contributed by atoms with Crippen molar-refractivity contribution in [3.05, 3.63) is 12.3 Å². The molecule has 1 aromatic rings. The van der Waals surface area contributed by atoms with Crippen LogP contribution in [0.15, 0.2) is 12.3 Å². The number of anilines is 2. The minimum Gasteiger partial charge on any atom is -0.381 e. The minimum absolute atomic E-state index is 0.0724. The molecule has 2 aliphatic heterocycles. The van der Waals surface area contributed by atoms with E-state index in [0.717, 1.165) is 31.7 Å². The quantitative estimate of drug-likeness (QED) is 0.816. The van der Waals surface area contributed by atoms with Crippen molar-refractivity contribution >= 4 is 17.7 Å². The van der Waals surface area contributed by atoms with Crippen molar-refractivity contribution in [1.29, 1.82) is 0 Å². The molecule has 2 saturated heterocycles. The highest BCUT2D eigenvalue weighted by molar-refractivity contribution is 5.82. The second-order valence-corrected chi connectivity index (χ2v) is 6.90. The summed E-state index contributed by atoms with van der Waals surface area (Å²) in [6.07, 6.45) is 3.53. The summed E-state index contributed by atoms with van der Waals surface area (Å²) in [6, 6.07) is 1.51. The van der Waals surface area contributed by atoms with Crippen LogP contribution in [0.4, 0.5) is 11.8 Å². The summed E-state index contributed by atoms with van der Waals surface area (Å²) >= 11 is 0. The fourth-order valence-electron chi connectivity index (χ4n) is 3.37. The van der Waals surface area contributed by atoms with Crippen molar-refractivity contribution in [2.75, 3.05) is 63.3 Å². The van der Waals surface area contributed by atoms with Crippen LogP contribution in [-0.4, -0.2) is 80.3 Å². The number of carbonyl (C=O) groups is 1. The van der Waals surface area contributed by atoms with Crippen LogP contribution in [0.5, 0.6) is 0 Å². The summed E-state index contributed by atoms with van der Waals surface area (Å²) in [6.45, 7) is 4.29. The van der Waals surface area contributed by atoms with Crippen LogP contribution in [0.1, 0.15) is 12.8 Å². The second kappa shape index (κ2) is 7.97. The number of piperazine rings is 1. The van der Waals surface area contributed by atoms with Gasteiger partial charge in [-0.3, -0.25) is 4.79 Å². The van der Waals surface area contributed by atoms with Gasteiger partial charge in [-0.1, -0.05) is 0 Å². The van der Waals surface area contributed by atoms with Crippen molar-refractivity contribution in [1.82, 2.24) is 14.9 Å². The van der Waals surface area contributed by atoms with Gasteiger partial charge in [0.1, 0.15) is 5.82 Å². The minimum atomic E-state index is -0.408. The molecule has 2 N–H and O–H groups in total. The lowest BCUT2D eigenvalue weighted by molar-refractivity contribution is -0.135. The molecule has 1 amide bonds. The monoisotopic (exact) mass is 348 g/mol. The number of nitrogens with two attached hydrogens (primary N) is 1. The highest BCUT2D eigenvalue weighted by Gasteiger charge is 2.31. The van der Waals surface area contributed by atoms with E-state index in [-0.39, 0.29) is 11.8 Å². The van der Waals surface area contributed by atoms with Gasteiger partial charge in [0.15, 0.2) is 0 Å². The number of carbonyl (C=O) groups excluding carboxylic acids is 1. The Hall–Kier alpha value is -1.93. The number of nitrogens with zero attached hydrogens (tertiary/aromatic N) is 5. The molecule has 8 heteroatoms. The molecule has 1 atom stereocenters. The molecular weight excluding hydrogens is 320 g/mol. The van der Waals surface area contributed by atoms with Crippen molar-refractivity contribution in [3.63, 3.8) is 0 Å². The number of aromatic nitrogens is 2. The predicted octanol–water partition coefficient (Wildman–Crippen LogP) is -0.0549. The molecule has 0 bridgehead atoms. The molecule has 1 aromatic heterocycles. The summed E-state index contributed by atoms with van der Waals surface area (Å²) in [5.74, 6) is 1.91. The lowest BCUT2D eigenvalue weighted by Crippen LogP contribution is -2.55. The van der Waals surface area contributed by atoms with E-state index in [1.54, 1.807) is 6.20 Å². The van der Waals surface area contributed by atoms with Gasteiger partial charge in [0, 0.05) is 59.7 Å². The summed E-state index contributed by atoms with van der Waals surface area (Å²) in [5.41, 5.74) is 6.24. The van der Waals surface area contributed by atoms with Gasteiger partial charge in [-0.05, 0) is 24.8 Å². The molecule has 0 aromatic carbocycles. The highest BCUT2D eigenvalue weighted by Crippen LogP contribution is 2.20. The molecule has 3 rings (SSSR count). The second-order valence-electron chi connectivity index (χ2n) is 6.90. The van der Waals surface area contributed by atoms with Gasteiger partial charge in [0.25, 0.3) is 0 Å². The number of hydrogen-bond donors (Lipinski definition) is 1. The lowest BCUT2D eigenvalue weighted by Gasteiger charge is -2.38. The number of rotatable bonds is 4. The third-order valence-electron chi connectivity index (χ3n) is 5.00. The zero-order valence-corrected chi connectivity index (χ0v) is 15.1. The lowest BCUT2D eigenvalue weighted by atomic mass is 9.91. The molecule has 138 valence electrons. The molecule has 0 aliphatic carbocycles. The van der Waals surface area contributed by atoms with E-state index in [0.29, 0.717) is 32.3 Å². The van der Waals surface area contributed by atoms with Crippen LogP contribution < -0.4 is 15.5 Å². The Bertz CT molecular complexity index is 582. The van der Waals surface area contributed by atoms with Crippen molar-refractivity contribution in [2.45, 2.75) is 18.9 Å². The normalized spacial score (nSPS) is 20.4. The molecule has 0 radical (unpaired) electrons. The van der Waals surface area contributed by atoms with Crippen LogP contribution in [0.3, 0.4) is 0 Å². The van der Waals surface area contributed by atoms with E-state index in [1.165, 1.54) is 0 Å². The van der Waals surface area contributed by atoms with Gasteiger partial charge in [-0.25, -0.2) is 4.98 Å². The summed E-state index contributed by atoms with van der Waals surface area (Å²) < 4.78 is 5.36. The first-order chi connectivity index (χ1) is 12.1. The number of ether oxygens (including phenoxy) is 1. The van der Waals surface area contributed by atoms with Crippen LogP contribution in [-0.2, 0) is 9.53 Å². The Labute approximate surface area is 148 Å². The Morgan fingerprint density at radius 1 is 1.28 bits per heavy atom. The Morgan fingerprint density at radius 2 is 1.96 bits per heavy atom. The number of hydrogen-bond acceptors (Lipinski definition) is 7. The molecule has 8 nitrogen and oxygen atoms in total.